The molecule has 2 heterocycles. The lowest BCUT2D eigenvalue weighted by molar-refractivity contribution is -0.134. The van der Waals surface area contributed by atoms with Gasteiger partial charge >= 0.3 is 0 Å². The first-order valence-corrected chi connectivity index (χ1v) is 11.5. The lowest BCUT2D eigenvalue weighted by Gasteiger charge is -2.38. The SMILES string of the molecule is Cc1cccc(C2c3cc(OCC(=O)NCc4ccco4)ccc3CCN2C(=O)C2CC2)c1. The molecule has 2 aliphatic rings. The number of carbonyl (C=O) groups is 2. The highest BCUT2D eigenvalue weighted by molar-refractivity contribution is 5.82. The van der Waals surface area contributed by atoms with Crippen molar-refractivity contribution in [2.45, 2.75) is 38.8 Å². The van der Waals surface area contributed by atoms with Gasteiger partial charge in [0.2, 0.25) is 5.91 Å². The van der Waals surface area contributed by atoms with Crippen molar-refractivity contribution >= 4 is 11.8 Å². The van der Waals surface area contributed by atoms with Crippen LogP contribution in [0.4, 0.5) is 0 Å². The van der Waals surface area contributed by atoms with Gasteiger partial charge in [0.25, 0.3) is 5.91 Å². The van der Waals surface area contributed by atoms with Crippen molar-refractivity contribution in [3.63, 3.8) is 0 Å². The molecule has 1 saturated carbocycles. The molecule has 6 heteroatoms. The summed E-state index contributed by atoms with van der Waals surface area (Å²) < 4.78 is 11.1. The van der Waals surface area contributed by atoms with Crippen molar-refractivity contribution in [1.82, 2.24) is 10.2 Å². The molecule has 2 aromatic carbocycles. The molecule has 33 heavy (non-hydrogen) atoms. The highest BCUT2D eigenvalue weighted by atomic mass is 16.5. The molecule has 3 aromatic rings. The van der Waals surface area contributed by atoms with E-state index in [-0.39, 0.29) is 30.4 Å². The van der Waals surface area contributed by atoms with Gasteiger partial charge in [-0.2, -0.15) is 0 Å². The summed E-state index contributed by atoms with van der Waals surface area (Å²) in [5.74, 6) is 1.51. The summed E-state index contributed by atoms with van der Waals surface area (Å²) in [6, 6.07) is 17.8. The van der Waals surface area contributed by atoms with E-state index >= 15 is 0 Å². The molecule has 1 aliphatic heterocycles. The third-order valence-electron chi connectivity index (χ3n) is 6.32. The van der Waals surface area contributed by atoms with Crippen molar-refractivity contribution in [2.24, 2.45) is 5.92 Å². The summed E-state index contributed by atoms with van der Waals surface area (Å²) in [5.41, 5.74) is 4.57. The third-order valence-corrected chi connectivity index (χ3v) is 6.32. The number of nitrogens with one attached hydrogen (secondary N) is 1. The number of hydrogen-bond donors (Lipinski definition) is 1. The Morgan fingerprint density at radius 3 is 2.76 bits per heavy atom. The van der Waals surface area contributed by atoms with Gasteiger partial charge in [-0.25, -0.2) is 0 Å². The number of furan rings is 1. The highest BCUT2D eigenvalue weighted by Gasteiger charge is 2.39. The minimum atomic E-state index is -0.218. The average Bonchev–Trinajstić information content (AvgIpc) is 3.55. The van der Waals surface area contributed by atoms with E-state index in [0.717, 1.165) is 36.9 Å². The van der Waals surface area contributed by atoms with E-state index < -0.39 is 0 Å². The predicted octanol–water partition coefficient (Wildman–Crippen LogP) is 4.17. The van der Waals surface area contributed by atoms with Gasteiger partial charge in [0.1, 0.15) is 11.5 Å². The largest absolute Gasteiger partial charge is 0.484 e. The van der Waals surface area contributed by atoms with E-state index in [0.29, 0.717) is 18.1 Å². The quantitative estimate of drug-likeness (QED) is 0.594. The second-order valence-electron chi connectivity index (χ2n) is 8.88. The summed E-state index contributed by atoms with van der Waals surface area (Å²) in [6.07, 6.45) is 4.37. The maximum Gasteiger partial charge on any atom is 0.258 e. The Kier molecular flexibility index (Phi) is 5.90. The molecule has 0 spiro atoms. The molecule has 1 aromatic heterocycles. The van der Waals surface area contributed by atoms with Gasteiger partial charge < -0.3 is 19.4 Å². The zero-order valence-electron chi connectivity index (χ0n) is 18.8. The number of fused-ring (bicyclic) bond motifs is 1. The summed E-state index contributed by atoms with van der Waals surface area (Å²) in [5, 5.41) is 2.79. The first kappa shape index (κ1) is 21.3. The summed E-state index contributed by atoms with van der Waals surface area (Å²) in [4.78, 5) is 27.4. The zero-order chi connectivity index (χ0) is 22.8. The predicted molar refractivity (Wildman–Crippen MR) is 124 cm³/mol. The fourth-order valence-electron chi connectivity index (χ4n) is 4.48. The van der Waals surface area contributed by atoms with Crippen LogP contribution >= 0.6 is 0 Å². The van der Waals surface area contributed by atoms with Crippen molar-refractivity contribution in [2.75, 3.05) is 13.2 Å². The van der Waals surface area contributed by atoms with Crippen LogP contribution < -0.4 is 10.1 Å². The van der Waals surface area contributed by atoms with Crippen LogP contribution in [0.1, 0.15) is 46.9 Å². The molecule has 2 amide bonds. The van der Waals surface area contributed by atoms with Crippen molar-refractivity contribution < 1.29 is 18.7 Å². The Labute approximate surface area is 193 Å². The molecule has 1 atom stereocenters. The van der Waals surface area contributed by atoms with Crippen molar-refractivity contribution in [3.8, 4) is 5.75 Å². The summed E-state index contributed by atoms with van der Waals surface area (Å²) >= 11 is 0. The number of amides is 2. The molecule has 6 nitrogen and oxygen atoms in total. The van der Waals surface area contributed by atoms with Crippen LogP contribution in [0.5, 0.6) is 5.75 Å². The van der Waals surface area contributed by atoms with E-state index in [9.17, 15) is 9.59 Å². The molecule has 1 unspecified atom stereocenters. The van der Waals surface area contributed by atoms with E-state index in [1.54, 1.807) is 12.3 Å². The van der Waals surface area contributed by atoms with E-state index in [1.165, 1.54) is 11.1 Å². The van der Waals surface area contributed by atoms with E-state index in [4.69, 9.17) is 9.15 Å². The standard InChI is InChI=1S/C27H28N2O4/c1-18-4-2-5-21(14-18)26-24-15-22(33-17-25(30)28-16-23-6-3-13-32-23)10-9-19(24)11-12-29(26)27(31)20-7-8-20/h2-6,9-10,13-15,20,26H,7-8,11-12,16-17H2,1H3,(H,28,30). The molecule has 1 N–H and O–H groups in total. The van der Waals surface area contributed by atoms with Crippen LogP contribution in [0.2, 0.25) is 0 Å². The number of carbonyl (C=O) groups excluding carboxylic acids is 2. The monoisotopic (exact) mass is 444 g/mol. The highest BCUT2D eigenvalue weighted by Crippen LogP contribution is 2.41. The Hall–Kier alpha value is -3.54. The fourth-order valence-corrected chi connectivity index (χ4v) is 4.48. The van der Waals surface area contributed by atoms with E-state index in [1.807, 2.05) is 29.2 Å². The number of ether oxygens (including phenoxy) is 1. The molecular weight excluding hydrogens is 416 g/mol. The van der Waals surface area contributed by atoms with Gasteiger partial charge in [0, 0.05) is 12.5 Å². The molecule has 0 radical (unpaired) electrons. The number of benzene rings is 2. The number of nitrogens with zero attached hydrogens (tertiary/aromatic N) is 1. The maximum atomic E-state index is 13.1. The molecule has 1 aliphatic carbocycles. The lowest BCUT2D eigenvalue weighted by Crippen LogP contribution is -2.41. The molecular formula is C27H28N2O4. The van der Waals surface area contributed by atoms with Crippen LogP contribution in [0, 0.1) is 12.8 Å². The molecule has 0 saturated heterocycles. The Bertz CT molecular complexity index is 1150. The van der Waals surface area contributed by atoms with Crippen LogP contribution in [0.25, 0.3) is 0 Å². The third kappa shape index (κ3) is 4.80. The Balaban J connectivity index is 1.36. The van der Waals surface area contributed by atoms with Crippen LogP contribution in [0.15, 0.2) is 65.3 Å². The van der Waals surface area contributed by atoms with Crippen molar-refractivity contribution in [1.29, 1.82) is 0 Å². The summed E-state index contributed by atoms with van der Waals surface area (Å²) in [6.45, 7) is 3.03. The first-order valence-electron chi connectivity index (χ1n) is 11.5. The van der Waals surface area contributed by atoms with Crippen LogP contribution in [0.3, 0.4) is 0 Å². The van der Waals surface area contributed by atoms with Crippen molar-refractivity contribution in [3.05, 3.63) is 88.9 Å². The zero-order valence-corrected chi connectivity index (χ0v) is 18.8. The van der Waals surface area contributed by atoms with Crippen LogP contribution in [-0.2, 0) is 22.6 Å². The van der Waals surface area contributed by atoms with Gasteiger partial charge in [0.15, 0.2) is 6.61 Å². The first-order chi connectivity index (χ1) is 16.1. The fraction of sp³-hybridized carbons (Fsp3) is 0.333. The lowest BCUT2D eigenvalue weighted by atomic mass is 9.87. The maximum absolute atomic E-state index is 13.1. The molecule has 0 bridgehead atoms. The van der Waals surface area contributed by atoms with Gasteiger partial charge in [-0.3, -0.25) is 9.59 Å². The van der Waals surface area contributed by atoms with Gasteiger partial charge in [0.05, 0.1) is 18.8 Å². The minimum absolute atomic E-state index is 0.0840. The molecule has 5 rings (SSSR count). The Morgan fingerprint density at radius 1 is 1.12 bits per heavy atom. The second kappa shape index (κ2) is 9.14. The van der Waals surface area contributed by atoms with Crippen LogP contribution in [-0.4, -0.2) is 29.9 Å². The molecule has 170 valence electrons. The molecule has 1 fully saturated rings. The minimum Gasteiger partial charge on any atom is -0.484 e. The number of rotatable bonds is 7. The van der Waals surface area contributed by atoms with Gasteiger partial charge in [-0.15, -0.1) is 0 Å². The second-order valence-corrected chi connectivity index (χ2v) is 8.88. The van der Waals surface area contributed by atoms with Gasteiger partial charge in [-0.05, 0) is 67.1 Å². The normalized spacial score (nSPS) is 17.4. The average molecular weight is 445 g/mol. The van der Waals surface area contributed by atoms with E-state index in [2.05, 4.69) is 36.5 Å². The number of aryl methyl sites for hydroxylation is 1. The summed E-state index contributed by atoms with van der Waals surface area (Å²) in [7, 11) is 0. The smallest absolute Gasteiger partial charge is 0.258 e. The van der Waals surface area contributed by atoms with Gasteiger partial charge in [-0.1, -0.05) is 35.9 Å². The number of hydrogen-bond acceptors (Lipinski definition) is 4. The topological polar surface area (TPSA) is 71.8 Å². The Morgan fingerprint density at radius 2 is 2.00 bits per heavy atom.